The van der Waals surface area contributed by atoms with Crippen LogP contribution in [0.15, 0.2) is 0 Å². The Morgan fingerprint density at radius 3 is 2.81 bits per heavy atom. The van der Waals surface area contributed by atoms with E-state index in [2.05, 4.69) is 15.7 Å². The third kappa shape index (κ3) is 3.58. The van der Waals surface area contributed by atoms with Gasteiger partial charge in [-0.3, -0.25) is 4.79 Å². The van der Waals surface area contributed by atoms with Gasteiger partial charge < -0.3 is 10.6 Å². The number of nitrogens with zero attached hydrogens (tertiary/aromatic N) is 2. The minimum Gasteiger partial charge on any atom is -0.352 e. The summed E-state index contributed by atoms with van der Waals surface area (Å²) < 4.78 is 26.2. The molecule has 0 bridgehead atoms. The average molecular weight is 300 g/mol. The lowest BCUT2D eigenvalue weighted by molar-refractivity contribution is -0.121. The summed E-state index contributed by atoms with van der Waals surface area (Å²) in [6.45, 7) is 3.55. The minimum absolute atomic E-state index is 0.0909. The second-order valence-electron chi connectivity index (χ2n) is 5.61. The summed E-state index contributed by atoms with van der Waals surface area (Å²) in [5, 5.41) is 10.1. The Hall–Kier alpha value is -1.50. The first-order valence-corrected chi connectivity index (χ1v) is 7.25. The van der Waals surface area contributed by atoms with Crippen molar-refractivity contribution in [2.75, 3.05) is 6.54 Å². The normalized spacial score (nSPS) is 22.6. The van der Waals surface area contributed by atoms with Gasteiger partial charge in [-0.25, -0.2) is 4.68 Å². The van der Waals surface area contributed by atoms with Crippen molar-refractivity contribution in [2.45, 2.75) is 58.7 Å². The van der Waals surface area contributed by atoms with E-state index in [9.17, 15) is 13.6 Å². The third-order valence-electron chi connectivity index (χ3n) is 4.11. The predicted molar refractivity (Wildman–Crippen MR) is 75.3 cm³/mol. The van der Waals surface area contributed by atoms with E-state index >= 15 is 0 Å². The minimum atomic E-state index is -2.68. The lowest BCUT2D eigenvalue weighted by Crippen LogP contribution is -2.52. The van der Waals surface area contributed by atoms with E-state index in [-0.39, 0.29) is 24.4 Å². The Kier molecular flexibility index (Phi) is 4.92. The molecule has 0 aromatic carbocycles. The molecule has 2 N–H and O–H groups in total. The molecule has 0 aliphatic carbocycles. The van der Waals surface area contributed by atoms with Gasteiger partial charge in [0.05, 0.1) is 12.1 Å². The first-order chi connectivity index (χ1) is 9.90. The predicted octanol–water partition coefficient (Wildman–Crippen LogP) is 1.69. The summed E-state index contributed by atoms with van der Waals surface area (Å²) in [6.07, 6.45) is 2.05. The van der Waals surface area contributed by atoms with Crippen LogP contribution in [0.5, 0.6) is 0 Å². The van der Waals surface area contributed by atoms with Gasteiger partial charge in [0.2, 0.25) is 5.91 Å². The molecule has 1 aromatic heterocycles. The Bertz CT molecular complexity index is 515. The van der Waals surface area contributed by atoms with E-state index in [0.717, 1.165) is 19.4 Å². The third-order valence-corrected chi connectivity index (χ3v) is 4.11. The summed E-state index contributed by atoms with van der Waals surface area (Å²) in [6, 6.07) is 0.325. The van der Waals surface area contributed by atoms with Crippen LogP contribution in [0.1, 0.15) is 43.3 Å². The van der Waals surface area contributed by atoms with Gasteiger partial charge in [0.1, 0.15) is 0 Å². The number of alkyl halides is 2. The molecule has 7 heteroatoms. The number of halogens is 2. The van der Waals surface area contributed by atoms with E-state index in [4.69, 9.17) is 0 Å². The number of hydrogen-bond donors (Lipinski definition) is 2. The van der Waals surface area contributed by atoms with Crippen LogP contribution in [0.3, 0.4) is 0 Å². The van der Waals surface area contributed by atoms with E-state index in [1.807, 2.05) is 6.92 Å². The van der Waals surface area contributed by atoms with Crippen LogP contribution >= 0.6 is 0 Å². The lowest BCUT2D eigenvalue weighted by Gasteiger charge is -2.30. The first kappa shape index (κ1) is 15.9. The van der Waals surface area contributed by atoms with Crippen LogP contribution in [0.25, 0.3) is 0 Å². The summed E-state index contributed by atoms with van der Waals surface area (Å²) in [7, 11) is 0. The maximum atomic E-state index is 12.8. The number of carbonyl (C=O) groups excluding carboxylic acids is 1. The molecule has 1 aliphatic rings. The van der Waals surface area contributed by atoms with Crippen molar-refractivity contribution >= 4 is 5.91 Å². The van der Waals surface area contributed by atoms with Crippen molar-refractivity contribution in [1.29, 1.82) is 0 Å². The molecule has 2 unspecified atom stereocenters. The smallest absolute Gasteiger partial charge is 0.333 e. The van der Waals surface area contributed by atoms with Gasteiger partial charge in [0, 0.05) is 23.3 Å². The molecule has 2 atom stereocenters. The van der Waals surface area contributed by atoms with Crippen molar-refractivity contribution < 1.29 is 13.6 Å². The molecule has 1 fully saturated rings. The summed E-state index contributed by atoms with van der Waals surface area (Å²) in [5.74, 6) is -0.143. The van der Waals surface area contributed by atoms with Crippen molar-refractivity contribution in [3.63, 3.8) is 0 Å². The standard InChI is InChI=1S/C14H22F2N4O/c1-8-11(10(3)20(19-8)14(15)16)7-13(21)18-12-5-4-6-17-9(12)2/h9,12,14,17H,4-7H2,1-3H3,(H,18,21). The van der Waals surface area contributed by atoms with Gasteiger partial charge >= 0.3 is 6.55 Å². The fraction of sp³-hybridized carbons (Fsp3) is 0.714. The zero-order valence-electron chi connectivity index (χ0n) is 12.6. The molecule has 2 rings (SSSR count). The van der Waals surface area contributed by atoms with Crippen LogP contribution in [-0.4, -0.2) is 34.3 Å². The average Bonchev–Trinajstić information content (AvgIpc) is 2.69. The molecular formula is C14H22F2N4O. The number of aryl methyl sites for hydroxylation is 1. The second-order valence-corrected chi connectivity index (χ2v) is 5.61. The quantitative estimate of drug-likeness (QED) is 0.890. The molecule has 21 heavy (non-hydrogen) atoms. The molecule has 1 saturated heterocycles. The van der Waals surface area contributed by atoms with Crippen molar-refractivity contribution in [2.24, 2.45) is 0 Å². The fourth-order valence-electron chi connectivity index (χ4n) is 2.80. The van der Waals surface area contributed by atoms with Crippen molar-refractivity contribution in [3.8, 4) is 0 Å². The number of carbonyl (C=O) groups is 1. The molecule has 2 heterocycles. The highest BCUT2D eigenvalue weighted by Gasteiger charge is 2.24. The Balaban J connectivity index is 2.02. The molecule has 0 saturated carbocycles. The van der Waals surface area contributed by atoms with Crippen LogP contribution in [-0.2, 0) is 11.2 Å². The number of aromatic nitrogens is 2. The fourth-order valence-corrected chi connectivity index (χ4v) is 2.80. The topological polar surface area (TPSA) is 59.0 Å². The van der Waals surface area contributed by atoms with E-state index < -0.39 is 6.55 Å². The van der Waals surface area contributed by atoms with Gasteiger partial charge in [-0.1, -0.05) is 0 Å². The molecule has 1 aromatic rings. The summed E-state index contributed by atoms with van der Waals surface area (Å²) >= 11 is 0. The number of rotatable bonds is 4. The maximum Gasteiger partial charge on any atom is 0.333 e. The van der Waals surface area contributed by atoms with E-state index in [1.54, 1.807) is 13.8 Å². The molecule has 1 amide bonds. The Morgan fingerprint density at radius 2 is 2.24 bits per heavy atom. The molecule has 0 spiro atoms. The van der Waals surface area contributed by atoms with Crippen molar-refractivity contribution in [1.82, 2.24) is 20.4 Å². The van der Waals surface area contributed by atoms with E-state index in [1.165, 1.54) is 0 Å². The first-order valence-electron chi connectivity index (χ1n) is 7.25. The van der Waals surface area contributed by atoms with Gasteiger partial charge in [-0.05, 0) is 40.2 Å². The number of hydrogen-bond acceptors (Lipinski definition) is 3. The lowest BCUT2D eigenvalue weighted by atomic mass is 9.99. The largest absolute Gasteiger partial charge is 0.352 e. The van der Waals surface area contributed by atoms with Crippen LogP contribution in [0, 0.1) is 13.8 Å². The van der Waals surface area contributed by atoms with Crippen LogP contribution in [0.4, 0.5) is 8.78 Å². The Morgan fingerprint density at radius 1 is 1.52 bits per heavy atom. The molecule has 1 aliphatic heterocycles. The number of piperidine rings is 1. The van der Waals surface area contributed by atoms with Crippen LogP contribution < -0.4 is 10.6 Å². The Labute approximate surface area is 123 Å². The highest BCUT2D eigenvalue weighted by molar-refractivity contribution is 5.79. The second kappa shape index (κ2) is 6.51. The molecule has 5 nitrogen and oxygen atoms in total. The van der Waals surface area contributed by atoms with Gasteiger partial charge in [-0.15, -0.1) is 0 Å². The van der Waals surface area contributed by atoms with Crippen LogP contribution in [0.2, 0.25) is 0 Å². The van der Waals surface area contributed by atoms with Gasteiger partial charge in [0.25, 0.3) is 0 Å². The maximum absolute atomic E-state index is 12.8. The summed E-state index contributed by atoms with van der Waals surface area (Å²) in [5.41, 5.74) is 1.43. The zero-order chi connectivity index (χ0) is 15.6. The monoisotopic (exact) mass is 300 g/mol. The number of nitrogens with one attached hydrogen (secondary N) is 2. The summed E-state index contributed by atoms with van der Waals surface area (Å²) in [4.78, 5) is 12.1. The molecular weight excluding hydrogens is 278 g/mol. The van der Waals surface area contributed by atoms with Crippen molar-refractivity contribution in [3.05, 3.63) is 17.0 Å². The molecule has 0 radical (unpaired) electrons. The highest BCUT2D eigenvalue weighted by atomic mass is 19.3. The highest BCUT2D eigenvalue weighted by Crippen LogP contribution is 2.20. The van der Waals surface area contributed by atoms with Gasteiger partial charge in [-0.2, -0.15) is 13.9 Å². The number of amides is 1. The zero-order valence-corrected chi connectivity index (χ0v) is 12.6. The van der Waals surface area contributed by atoms with Gasteiger partial charge in [0.15, 0.2) is 0 Å². The van der Waals surface area contributed by atoms with E-state index in [0.29, 0.717) is 21.6 Å². The SMILES string of the molecule is Cc1nn(C(F)F)c(C)c1CC(=O)NC1CCCNC1C. The molecule has 118 valence electrons.